The smallest absolute Gasteiger partial charge is 0.341 e. The molecule has 9 nitrogen and oxygen atoms in total. The van der Waals surface area contributed by atoms with Crippen LogP contribution >= 0.6 is 11.3 Å². The molecule has 0 fully saturated rings. The van der Waals surface area contributed by atoms with Gasteiger partial charge in [-0.15, -0.1) is 17.9 Å². The zero-order valence-electron chi connectivity index (χ0n) is 16.3. The number of carbonyl (C=O) groups is 2. The highest BCUT2D eigenvalue weighted by Gasteiger charge is 2.30. The number of rotatable bonds is 9. The Morgan fingerprint density at radius 1 is 1.40 bits per heavy atom. The predicted molar refractivity (Wildman–Crippen MR) is 114 cm³/mol. The molecular weight excluding hydrogens is 432 g/mol. The summed E-state index contributed by atoms with van der Waals surface area (Å²) < 4.78 is 29.3. The van der Waals surface area contributed by atoms with E-state index in [0.29, 0.717) is 11.1 Å². The first kappa shape index (κ1) is 23.2. The number of hydrogen-bond donors (Lipinski definition) is 1. The van der Waals surface area contributed by atoms with Crippen LogP contribution in [0.15, 0.2) is 42.3 Å². The van der Waals surface area contributed by atoms with E-state index in [1.165, 1.54) is 31.2 Å². The fraction of sp³-hybridized carbons (Fsp3) is 0.263. The number of ether oxygens (including phenoxy) is 1. The molecule has 0 radical (unpaired) electrons. The molecule has 1 aromatic carbocycles. The van der Waals surface area contributed by atoms with Crippen LogP contribution in [0.5, 0.6) is 0 Å². The molecule has 0 saturated heterocycles. The number of nitrogens with zero attached hydrogens (tertiary/aromatic N) is 1. The SMILES string of the molecule is C=CCS(=O)(=O)C(C)C(=O)Nc1scc(-c2cccc([N+](=O)[O-])c2)c1C(=O)OCC. The summed E-state index contributed by atoms with van der Waals surface area (Å²) in [5.41, 5.74) is 0.558. The molecule has 1 aromatic heterocycles. The highest BCUT2D eigenvalue weighted by molar-refractivity contribution is 7.92. The van der Waals surface area contributed by atoms with Crippen molar-refractivity contribution in [3.05, 3.63) is 58.0 Å². The van der Waals surface area contributed by atoms with Crippen molar-refractivity contribution in [3.8, 4) is 11.1 Å². The van der Waals surface area contributed by atoms with Gasteiger partial charge in [-0.25, -0.2) is 13.2 Å². The van der Waals surface area contributed by atoms with Gasteiger partial charge in [0.15, 0.2) is 9.84 Å². The molecule has 0 aliphatic heterocycles. The lowest BCUT2D eigenvalue weighted by molar-refractivity contribution is -0.384. The number of non-ortho nitro benzene ring substituents is 1. The van der Waals surface area contributed by atoms with E-state index in [-0.39, 0.29) is 28.6 Å². The normalized spacial score (nSPS) is 12.1. The third-order valence-corrected chi connectivity index (χ3v) is 7.02. The van der Waals surface area contributed by atoms with Gasteiger partial charge in [0.1, 0.15) is 15.8 Å². The van der Waals surface area contributed by atoms with E-state index in [1.54, 1.807) is 18.4 Å². The molecule has 11 heteroatoms. The van der Waals surface area contributed by atoms with Crippen LogP contribution in [0.4, 0.5) is 10.7 Å². The second-order valence-electron chi connectivity index (χ2n) is 6.13. The number of nitrogens with one attached hydrogen (secondary N) is 1. The van der Waals surface area contributed by atoms with E-state index in [1.807, 2.05) is 0 Å². The first-order valence-corrected chi connectivity index (χ1v) is 11.4. The van der Waals surface area contributed by atoms with E-state index < -0.39 is 31.9 Å². The van der Waals surface area contributed by atoms with E-state index in [0.717, 1.165) is 11.3 Å². The number of nitro groups is 1. The van der Waals surface area contributed by atoms with Crippen LogP contribution in [0.3, 0.4) is 0 Å². The van der Waals surface area contributed by atoms with Crippen LogP contribution in [0, 0.1) is 10.1 Å². The van der Waals surface area contributed by atoms with Crippen molar-refractivity contribution >= 4 is 43.7 Å². The molecule has 160 valence electrons. The molecule has 1 heterocycles. The van der Waals surface area contributed by atoms with Crippen LogP contribution in [-0.4, -0.2) is 42.8 Å². The lowest BCUT2D eigenvalue weighted by Crippen LogP contribution is -2.33. The Hall–Kier alpha value is -3.05. The molecule has 1 N–H and O–H groups in total. The van der Waals surface area contributed by atoms with Crippen molar-refractivity contribution in [1.29, 1.82) is 0 Å². The summed E-state index contributed by atoms with van der Waals surface area (Å²) in [6.45, 7) is 6.29. The Balaban J connectivity index is 2.48. The summed E-state index contributed by atoms with van der Waals surface area (Å²) in [6.07, 6.45) is 1.19. The first-order valence-electron chi connectivity index (χ1n) is 8.79. The number of amides is 1. The summed E-state index contributed by atoms with van der Waals surface area (Å²) in [5.74, 6) is -1.91. The van der Waals surface area contributed by atoms with E-state index >= 15 is 0 Å². The van der Waals surface area contributed by atoms with Crippen LogP contribution in [0.2, 0.25) is 0 Å². The highest BCUT2D eigenvalue weighted by atomic mass is 32.2. The number of hydrogen-bond acceptors (Lipinski definition) is 8. The van der Waals surface area contributed by atoms with Gasteiger partial charge in [0.25, 0.3) is 5.69 Å². The quantitative estimate of drug-likeness (QED) is 0.267. The fourth-order valence-corrected chi connectivity index (χ4v) is 4.50. The Bertz CT molecular complexity index is 1090. The molecule has 2 aromatic rings. The van der Waals surface area contributed by atoms with Crippen LogP contribution < -0.4 is 5.32 Å². The summed E-state index contributed by atoms with van der Waals surface area (Å²) in [7, 11) is -3.75. The zero-order valence-corrected chi connectivity index (χ0v) is 17.9. The number of carbonyl (C=O) groups excluding carboxylic acids is 2. The van der Waals surface area contributed by atoms with E-state index in [2.05, 4.69) is 11.9 Å². The lowest BCUT2D eigenvalue weighted by Gasteiger charge is -2.13. The topological polar surface area (TPSA) is 133 Å². The van der Waals surface area contributed by atoms with Crippen molar-refractivity contribution < 1.29 is 27.7 Å². The standard InChI is InChI=1S/C19H20N2O7S2/c1-4-9-30(26,27)12(3)17(22)20-18-16(19(23)28-5-2)15(11-29-18)13-7-6-8-14(10-13)21(24)25/h4,6-8,10-12H,1,5,9H2,2-3H3,(H,20,22). The molecule has 1 amide bonds. The molecule has 0 aliphatic carbocycles. The molecule has 0 saturated carbocycles. The van der Waals surface area contributed by atoms with Gasteiger partial charge < -0.3 is 10.1 Å². The van der Waals surface area contributed by atoms with Crippen LogP contribution in [0.1, 0.15) is 24.2 Å². The van der Waals surface area contributed by atoms with Crippen LogP contribution in [-0.2, 0) is 19.4 Å². The maximum Gasteiger partial charge on any atom is 0.341 e. The number of thiophene rings is 1. The second kappa shape index (κ2) is 9.63. The van der Waals surface area contributed by atoms with Gasteiger partial charge in [0.05, 0.1) is 17.3 Å². The minimum absolute atomic E-state index is 0.00372. The molecule has 2 rings (SSSR count). The Morgan fingerprint density at radius 2 is 2.10 bits per heavy atom. The number of anilines is 1. The highest BCUT2D eigenvalue weighted by Crippen LogP contribution is 2.37. The van der Waals surface area contributed by atoms with Gasteiger partial charge in [-0.1, -0.05) is 18.2 Å². The van der Waals surface area contributed by atoms with Crippen molar-refractivity contribution in [2.75, 3.05) is 17.7 Å². The maximum absolute atomic E-state index is 12.6. The zero-order chi connectivity index (χ0) is 22.5. The Kier molecular flexibility index (Phi) is 7.46. The average Bonchev–Trinajstić information content (AvgIpc) is 3.11. The van der Waals surface area contributed by atoms with Gasteiger partial charge in [0.2, 0.25) is 5.91 Å². The molecule has 0 aliphatic rings. The fourth-order valence-electron chi connectivity index (χ4n) is 2.54. The summed E-state index contributed by atoms with van der Waals surface area (Å²) >= 11 is 0.992. The number of sulfone groups is 1. The minimum atomic E-state index is -3.75. The predicted octanol–water partition coefficient (Wildman–Crippen LogP) is 3.43. The van der Waals surface area contributed by atoms with Crippen LogP contribution in [0.25, 0.3) is 11.1 Å². The van der Waals surface area contributed by atoms with Gasteiger partial charge in [-0.2, -0.15) is 0 Å². The third-order valence-electron chi connectivity index (χ3n) is 4.13. The number of nitro benzene ring substituents is 1. The van der Waals surface area contributed by atoms with Crippen molar-refractivity contribution in [2.24, 2.45) is 0 Å². The number of benzene rings is 1. The first-order chi connectivity index (χ1) is 14.1. The average molecular weight is 453 g/mol. The third kappa shape index (κ3) is 5.10. The van der Waals surface area contributed by atoms with Crippen molar-refractivity contribution in [1.82, 2.24) is 0 Å². The molecule has 1 unspecified atom stereocenters. The van der Waals surface area contributed by atoms with Crippen molar-refractivity contribution in [3.63, 3.8) is 0 Å². The minimum Gasteiger partial charge on any atom is -0.462 e. The molecule has 0 spiro atoms. The van der Waals surface area contributed by atoms with Gasteiger partial charge in [0, 0.05) is 23.1 Å². The van der Waals surface area contributed by atoms with Gasteiger partial charge in [-0.05, 0) is 19.4 Å². The maximum atomic E-state index is 12.6. The number of esters is 1. The largest absolute Gasteiger partial charge is 0.462 e. The van der Waals surface area contributed by atoms with E-state index in [4.69, 9.17) is 4.74 Å². The van der Waals surface area contributed by atoms with Gasteiger partial charge >= 0.3 is 5.97 Å². The monoisotopic (exact) mass is 452 g/mol. The lowest BCUT2D eigenvalue weighted by atomic mass is 10.0. The summed E-state index contributed by atoms with van der Waals surface area (Å²) in [5, 5.41) is 13.8. The Morgan fingerprint density at radius 3 is 2.70 bits per heavy atom. The van der Waals surface area contributed by atoms with E-state index in [9.17, 15) is 28.1 Å². The second-order valence-corrected chi connectivity index (χ2v) is 9.38. The molecule has 30 heavy (non-hydrogen) atoms. The molecular formula is C19H20N2O7S2. The Labute approximate surface area is 177 Å². The van der Waals surface area contributed by atoms with Gasteiger partial charge in [-0.3, -0.25) is 14.9 Å². The summed E-state index contributed by atoms with van der Waals surface area (Å²) in [6, 6.07) is 5.67. The van der Waals surface area contributed by atoms with Crippen molar-refractivity contribution in [2.45, 2.75) is 19.1 Å². The molecule has 1 atom stereocenters. The molecule has 0 bridgehead atoms. The summed E-state index contributed by atoms with van der Waals surface area (Å²) in [4.78, 5) is 35.6.